The van der Waals surface area contributed by atoms with Crippen LogP contribution in [0.1, 0.15) is 12.8 Å². The maximum Gasteiger partial charge on any atom is 0.224 e. The van der Waals surface area contributed by atoms with E-state index in [1.807, 2.05) is 24.3 Å². The van der Waals surface area contributed by atoms with Gasteiger partial charge in [0.2, 0.25) is 5.91 Å². The van der Waals surface area contributed by atoms with Gasteiger partial charge in [0.15, 0.2) is 0 Å². The average Bonchev–Trinajstić information content (AvgIpc) is 2.53. The molecule has 1 heterocycles. The smallest absolute Gasteiger partial charge is 0.224 e. The Bertz CT molecular complexity index is 555. The second-order valence-electron chi connectivity index (χ2n) is 4.41. The quantitative estimate of drug-likeness (QED) is 0.795. The Kier molecular flexibility index (Phi) is 5.58. The second-order valence-corrected chi connectivity index (χ2v) is 4.41. The van der Waals surface area contributed by atoms with Crippen LogP contribution in [0.4, 0.5) is 5.69 Å². The highest BCUT2D eigenvalue weighted by atomic mass is 16.5. The van der Waals surface area contributed by atoms with Gasteiger partial charge in [0.25, 0.3) is 0 Å². The molecule has 0 atom stereocenters. The number of carbonyl (C=O) groups is 1. The zero-order valence-electron chi connectivity index (χ0n) is 11.9. The Morgan fingerprint density at radius 2 is 1.76 bits per heavy atom. The van der Waals surface area contributed by atoms with E-state index >= 15 is 0 Å². The molecule has 0 spiro atoms. The van der Waals surface area contributed by atoms with E-state index in [0.29, 0.717) is 19.4 Å². The van der Waals surface area contributed by atoms with Crippen molar-refractivity contribution in [2.75, 3.05) is 19.0 Å². The molecule has 1 N–H and O–H groups in total. The molecule has 2 aromatic rings. The number of rotatable bonds is 7. The van der Waals surface area contributed by atoms with Crippen LogP contribution in [-0.4, -0.2) is 24.6 Å². The van der Waals surface area contributed by atoms with Gasteiger partial charge in [-0.1, -0.05) is 0 Å². The molecule has 5 nitrogen and oxygen atoms in total. The first-order valence-corrected chi connectivity index (χ1v) is 6.74. The van der Waals surface area contributed by atoms with Gasteiger partial charge in [-0.05, 0) is 42.8 Å². The highest BCUT2D eigenvalue weighted by molar-refractivity contribution is 5.90. The molecule has 21 heavy (non-hydrogen) atoms. The Morgan fingerprint density at radius 3 is 2.43 bits per heavy atom. The van der Waals surface area contributed by atoms with Crippen molar-refractivity contribution in [1.82, 2.24) is 4.98 Å². The number of nitrogens with zero attached hydrogens (tertiary/aromatic N) is 1. The molecular weight excluding hydrogens is 268 g/mol. The summed E-state index contributed by atoms with van der Waals surface area (Å²) in [6, 6.07) is 10.9. The van der Waals surface area contributed by atoms with Crippen molar-refractivity contribution in [2.24, 2.45) is 0 Å². The molecule has 110 valence electrons. The molecule has 0 saturated carbocycles. The number of hydrogen-bond acceptors (Lipinski definition) is 4. The van der Waals surface area contributed by atoms with E-state index in [1.165, 1.54) is 0 Å². The Morgan fingerprint density at radius 1 is 1.10 bits per heavy atom. The molecule has 0 saturated heterocycles. The van der Waals surface area contributed by atoms with E-state index in [4.69, 9.17) is 9.47 Å². The molecular formula is C16H18N2O3. The van der Waals surface area contributed by atoms with Crippen molar-refractivity contribution in [3.63, 3.8) is 0 Å². The molecule has 0 aliphatic rings. The number of pyridine rings is 1. The first-order chi connectivity index (χ1) is 10.3. The van der Waals surface area contributed by atoms with Gasteiger partial charge in [-0.3, -0.25) is 9.78 Å². The largest absolute Gasteiger partial charge is 0.497 e. The number of nitrogens with one attached hydrogen (secondary N) is 1. The van der Waals surface area contributed by atoms with Gasteiger partial charge in [-0.25, -0.2) is 0 Å². The van der Waals surface area contributed by atoms with E-state index < -0.39 is 0 Å². The molecule has 2 rings (SSSR count). The summed E-state index contributed by atoms with van der Waals surface area (Å²) in [6.07, 6.45) is 4.35. The number of hydrogen-bond donors (Lipinski definition) is 1. The van der Waals surface area contributed by atoms with Crippen LogP contribution in [0.5, 0.6) is 11.5 Å². The molecule has 0 aliphatic heterocycles. The lowest BCUT2D eigenvalue weighted by Gasteiger charge is -2.07. The molecule has 0 bridgehead atoms. The maximum absolute atomic E-state index is 11.7. The minimum absolute atomic E-state index is 0.0282. The highest BCUT2D eigenvalue weighted by Crippen LogP contribution is 2.17. The van der Waals surface area contributed by atoms with E-state index in [2.05, 4.69) is 10.3 Å². The molecule has 5 heteroatoms. The number of anilines is 1. The lowest BCUT2D eigenvalue weighted by Crippen LogP contribution is -2.12. The van der Waals surface area contributed by atoms with Crippen LogP contribution in [0.15, 0.2) is 48.8 Å². The predicted molar refractivity (Wildman–Crippen MR) is 80.6 cm³/mol. The molecule has 0 unspecified atom stereocenters. The van der Waals surface area contributed by atoms with Crippen LogP contribution in [0.3, 0.4) is 0 Å². The summed E-state index contributed by atoms with van der Waals surface area (Å²) in [5, 5.41) is 2.80. The lowest BCUT2D eigenvalue weighted by molar-refractivity contribution is -0.116. The van der Waals surface area contributed by atoms with Crippen molar-refractivity contribution in [3.05, 3.63) is 48.8 Å². The van der Waals surface area contributed by atoms with Crippen molar-refractivity contribution in [3.8, 4) is 11.5 Å². The summed E-state index contributed by atoms with van der Waals surface area (Å²) in [6.45, 7) is 0.496. The number of methoxy groups -OCH3 is 1. The van der Waals surface area contributed by atoms with Crippen molar-refractivity contribution >= 4 is 11.6 Å². The third-order valence-corrected chi connectivity index (χ3v) is 2.84. The van der Waals surface area contributed by atoms with Crippen LogP contribution in [0.25, 0.3) is 0 Å². The average molecular weight is 286 g/mol. The van der Waals surface area contributed by atoms with E-state index in [0.717, 1.165) is 17.2 Å². The second kappa shape index (κ2) is 7.89. The highest BCUT2D eigenvalue weighted by Gasteiger charge is 2.02. The fourth-order valence-electron chi connectivity index (χ4n) is 1.75. The minimum Gasteiger partial charge on any atom is -0.497 e. The van der Waals surface area contributed by atoms with Crippen LogP contribution in [0.2, 0.25) is 0 Å². The molecule has 0 aliphatic carbocycles. The zero-order chi connectivity index (χ0) is 14.9. The topological polar surface area (TPSA) is 60.5 Å². The normalized spacial score (nSPS) is 9.95. The predicted octanol–water partition coefficient (Wildman–Crippen LogP) is 2.89. The Balaban J connectivity index is 1.66. The molecule has 0 fully saturated rings. The minimum atomic E-state index is -0.0282. The van der Waals surface area contributed by atoms with Crippen molar-refractivity contribution < 1.29 is 14.3 Å². The van der Waals surface area contributed by atoms with Gasteiger partial charge in [0, 0.05) is 24.5 Å². The monoisotopic (exact) mass is 286 g/mol. The van der Waals surface area contributed by atoms with Gasteiger partial charge >= 0.3 is 0 Å². The van der Waals surface area contributed by atoms with E-state index in [-0.39, 0.29) is 5.91 Å². The van der Waals surface area contributed by atoms with Gasteiger partial charge < -0.3 is 14.8 Å². The first kappa shape index (κ1) is 14.8. The number of amides is 1. The number of carbonyl (C=O) groups excluding carboxylic acids is 1. The molecule has 1 amide bonds. The summed E-state index contributed by atoms with van der Waals surface area (Å²) < 4.78 is 10.6. The number of benzene rings is 1. The SMILES string of the molecule is COc1ccc(OCCCC(=O)Nc2ccncc2)cc1. The van der Waals surface area contributed by atoms with Crippen LogP contribution in [-0.2, 0) is 4.79 Å². The van der Waals surface area contributed by atoms with Gasteiger partial charge in [-0.15, -0.1) is 0 Å². The summed E-state index contributed by atoms with van der Waals surface area (Å²) in [5.41, 5.74) is 0.756. The maximum atomic E-state index is 11.7. The summed E-state index contributed by atoms with van der Waals surface area (Å²) in [5.74, 6) is 1.53. The van der Waals surface area contributed by atoms with E-state index in [1.54, 1.807) is 31.6 Å². The van der Waals surface area contributed by atoms with Crippen molar-refractivity contribution in [1.29, 1.82) is 0 Å². The fourth-order valence-corrected chi connectivity index (χ4v) is 1.75. The Hall–Kier alpha value is -2.56. The van der Waals surface area contributed by atoms with Crippen molar-refractivity contribution in [2.45, 2.75) is 12.8 Å². The van der Waals surface area contributed by atoms with Gasteiger partial charge in [0.1, 0.15) is 11.5 Å². The summed E-state index contributed by atoms with van der Waals surface area (Å²) in [7, 11) is 1.62. The summed E-state index contributed by atoms with van der Waals surface area (Å²) in [4.78, 5) is 15.6. The summed E-state index contributed by atoms with van der Waals surface area (Å²) >= 11 is 0. The number of aromatic nitrogens is 1. The van der Waals surface area contributed by atoms with Crippen LogP contribution < -0.4 is 14.8 Å². The van der Waals surface area contributed by atoms with Gasteiger partial charge in [0.05, 0.1) is 13.7 Å². The lowest BCUT2D eigenvalue weighted by atomic mass is 10.3. The Labute approximate surface area is 123 Å². The third-order valence-electron chi connectivity index (χ3n) is 2.84. The van der Waals surface area contributed by atoms with Crippen LogP contribution >= 0.6 is 0 Å². The molecule has 1 aromatic heterocycles. The van der Waals surface area contributed by atoms with E-state index in [9.17, 15) is 4.79 Å². The fraction of sp³-hybridized carbons (Fsp3) is 0.250. The third kappa shape index (κ3) is 5.14. The zero-order valence-corrected chi connectivity index (χ0v) is 11.9. The number of ether oxygens (including phenoxy) is 2. The first-order valence-electron chi connectivity index (χ1n) is 6.74. The standard InChI is InChI=1S/C16H18N2O3/c1-20-14-4-6-15(7-5-14)21-12-2-3-16(19)18-13-8-10-17-11-9-13/h4-11H,2-3,12H2,1H3,(H,17,18,19). The van der Waals surface area contributed by atoms with Gasteiger partial charge in [-0.2, -0.15) is 0 Å². The molecule has 0 radical (unpaired) electrons. The molecule has 1 aromatic carbocycles. The van der Waals surface area contributed by atoms with Crippen LogP contribution in [0, 0.1) is 0 Å².